The Morgan fingerprint density at radius 2 is 2.06 bits per heavy atom. The number of carbonyl (C=O) groups is 1. The van der Waals surface area contributed by atoms with Gasteiger partial charge in [-0.1, -0.05) is 12.8 Å². The van der Waals surface area contributed by atoms with Gasteiger partial charge in [-0.25, -0.2) is 0 Å². The van der Waals surface area contributed by atoms with E-state index in [0.29, 0.717) is 13.2 Å². The number of carbonyl (C=O) groups excluding carboxylic acids is 1. The molecule has 1 fully saturated rings. The van der Waals surface area contributed by atoms with Gasteiger partial charge in [-0.15, -0.1) is 0 Å². The molecule has 17 heavy (non-hydrogen) atoms. The van der Waals surface area contributed by atoms with Crippen LogP contribution in [0.25, 0.3) is 0 Å². The Bertz CT molecular complexity index is 230. The van der Waals surface area contributed by atoms with E-state index in [2.05, 4.69) is 11.6 Å². The molecule has 0 radical (unpaired) electrons. The number of rotatable bonds is 8. The average Bonchev–Trinajstić information content (AvgIpc) is 2.82. The van der Waals surface area contributed by atoms with Crippen molar-refractivity contribution in [2.45, 2.75) is 30.4 Å². The van der Waals surface area contributed by atoms with Crippen molar-refractivity contribution in [2.24, 2.45) is 0 Å². The average molecular weight is 261 g/mol. The molecule has 1 amide bonds. The van der Waals surface area contributed by atoms with Crippen molar-refractivity contribution in [3.63, 3.8) is 0 Å². The number of methoxy groups -OCH3 is 1. The molecule has 1 aliphatic carbocycles. The first-order valence-corrected chi connectivity index (χ1v) is 7.33. The van der Waals surface area contributed by atoms with Crippen LogP contribution in [0, 0.1) is 0 Å². The highest BCUT2D eigenvalue weighted by Gasteiger charge is 2.33. The number of hydrogen-bond donors (Lipinski definition) is 1. The minimum atomic E-state index is -0.0265. The van der Waals surface area contributed by atoms with Crippen LogP contribution in [0.4, 0.5) is 0 Å². The predicted molar refractivity (Wildman–Crippen MR) is 70.4 cm³/mol. The SMILES string of the molecule is COCCOCC(=O)NCC1(SC)CCCC1. The van der Waals surface area contributed by atoms with Gasteiger partial charge in [0, 0.05) is 18.4 Å². The molecule has 0 aliphatic heterocycles. The van der Waals surface area contributed by atoms with Crippen molar-refractivity contribution >= 4 is 17.7 Å². The first kappa shape index (κ1) is 14.8. The molecule has 0 aromatic rings. The van der Waals surface area contributed by atoms with E-state index in [0.717, 1.165) is 6.54 Å². The van der Waals surface area contributed by atoms with E-state index in [-0.39, 0.29) is 17.3 Å². The Morgan fingerprint density at radius 3 is 2.65 bits per heavy atom. The molecular weight excluding hydrogens is 238 g/mol. The lowest BCUT2D eigenvalue weighted by Crippen LogP contribution is -2.40. The lowest BCUT2D eigenvalue weighted by Gasteiger charge is -2.26. The first-order valence-electron chi connectivity index (χ1n) is 6.11. The van der Waals surface area contributed by atoms with Crippen molar-refractivity contribution < 1.29 is 14.3 Å². The molecule has 0 aromatic carbocycles. The van der Waals surface area contributed by atoms with Gasteiger partial charge in [0.1, 0.15) is 6.61 Å². The molecule has 1 saturated carbocycles. The third-order valence-corrected chi connectivity index (χ3v) is 4.64. The van der Waals surface area contributed by atoms with Crippen molar-refractivity contribution in [3.8, 4) is 0 Å². The zero-order valence-electron chi connectivity index (χ0n) is 10.8. The molecule has 0 atom stereocenters. The van der Waals surface area contributed by atoms with Crippen LogP contribution >= 0.6 is 11.8 Å². The van der Waals surface area contributed by atoms with Gasteiger partial charge in [-0.05, 0) is 19.1 Å². The van der Waals surface area contributed by atoms with E-state index in [1.807, 2.05) is 11.8 Å². The second kappa shape index (κ2) is 7.95. The third kappa shape index (κ3) is 5.27. The molecule has 1 N–H and O–H groups in total. The molecule has 5 heteroatoms. The molecule has 1 rings (SSSR count). The van der Waals surface area contributed by atoms with E-state index >= 15 is 0 Å². The second-order valence-corrected chi connectivity index (χ2v) is 5.69. The largest absolute Gasteiger partial charge is 0.382 e. The van der Waals surface area contributed by atoms with Crippen LogP contribution < -0.4 is 5.32 Å². The maximum Gasteiger partial charge on any atom is 0.246 e. The molecule has 0 heterocycles. The quantitative estimate of drug-likeness (QED) is 0.672. The summed E-state index contributed by atoms with van der Waals surface area (Å²) in [5.74, 6) is -0.0265. The Labute approximate surface area is 108 Å². The van der Waals surface area contributed by atoms with Crippen molar-refractivity contribution in [3.05, 3.63) is 0 Å². The van der Waals surface area contributed by atoms with Crippen LogP contribution in [0.1, 0.15) is 25.7 Å². The minimum Gasteiger partial charge on any atom is -0.382 e. The molecule has 0 aromatic heterocycles. The van der Waals surface area contributed by atoms with Crippen molar-refractivity contribution in [1.82, 2.24) is 5.32 Å². The zero-order valence-corrected chi connectivity index (χ0v) is 11.6. The van der Waals surface area contributed by atoms with Gasteiger partial charge in [-0.3, -0.25) is 4.79 Å². The Morgan fingerprint density at radius 1 is 1.35 bits per heavy atom. The number of hydrogen-bond acceptors (Lipinski definition) is 4. The van der Waals surface area contributed by atoms with E-state index < -0.39 is 0 Å². The van der Waals surface area contributed by atoms with Gasteiger partial charge >= 0.3 is 0 Å². The highest BCUT2D eigenvalue weighted by molar-refractivity contribution is 8.00. The van der Waals surface area contributed by atoms with Gasteiger partial charge in [0.2, 0.25) is 5.91 Å². The van der Waals surface area contributed by atoms with Crippen LogP contribution in [-0.4, -0.2) is 50.4 Å². The summed E-state index contributed by atoms with van der Waals surface area (Å²) < 4.78 is 10.3. The molecule has 100 valence electrons. The van der Waals surface area contributed by atoms with Crippen LogP contribution in [0.2, 0.25) is 0 Å². The van der Waals surface area contributed by atoms with Gasteiger partial charge < -0.3 is 14.8 Å². The summed E-state index contributed by atoms with van der Waals surface area (Å²) >= 11 is 1.88. The monoisotopic (exact) mass is 261 g/mol. The summed E-state index contributed by atoms with van der Waals surface area (Å²) in [7, 11) is 1.62. The summed E-state index contributed by atoms with van der Waals surface area (Å²) in [6.07, 6.45) is 7.10. The highest BCUT2D eigenvalue weighted by Crippen LogP contribution is 2.39. The van der Waals surface area contributed by atoms with E-state index in [1.165, 1.54) is 25.7 Å². The third-order valence-electron chi connectivity index (χ3n) is 3.22. The van der Waals surface area contributed by atoms with Gasteiger partial charge in [0.05, 0.1) is 13.2 Å². The molecular formula is C12H23NO3S. The van der Waals surface area contributed by atoms with Crippen LogP contribution in [0.3, 0.4) is 0 Å². The summed E-state index contributed by atoms with van der Waals surface area (Å²) in [5, 5.41) is 2.97. The molecule has 0 saturated heterocycles. The summed E-state index contributed by atoms with van der Waals surface area (Å²) in [4.78, 5) is 11.5. The van der Waals surface area contributed by atoms with Gasteiger partial charge in [0.15, 0.2) is 0 Å². The Balaban J connectivity index is 2.14. The fourth-order valence-electron chi connectivity index (χ4n) is 2.09. The highest BCUT2D eigenvalue weighted by atomic mass is 32.2. The maximum atomic E-state index is 11.5. The van der Waals surface area contributed by atoms with Crippen LogP contribution in [0.15, 0.2) is 0 Å². The lowest BCUT2D eigenvalue weighted by atomic mass is 10.1. The van der Waals surface area contributed by atoms with Gasteiger partial charge in [0.25, 0.3) is 0 Å². The molecule has 4 nitrogen and oxygen atoms in total. The van der Waals surface area contributed by atoms with E-state index in [1.54, 1.807) is 7.11 Å². The Kier molecular flexibility index (Phi) is 6.92. The summed E-state index contributed by atoms with van der Waals surface area (Å²) in [6.45, 7) is 1.90. The topological polar surface area (TPSA) is 47.6 Å². The number of thioether (sulfide) groups is 1. The van der Waals surface area contributed by atoms with E-state index in [9.17, 15) is 4.79 Å². The zero-order chi connectivity index (χ0) is 12.6. The molecule has 0 spiro atoms. The lowest BCUT2D eigenvalue weighted by molar-refractivity contribution is -0.126. The summed E-state index contributed by atoms with van der Waals surface area (Å²) in [6, 6.07) is 0. The van der Waals surface area contributed by atoms with Crippen LogP contribution in [-0.2, 0) is 14.3 Å². The maximum absolute atomic E-state index is 11.5. The second-order valence-electron chi connectivity index (χ2n) is 4.42. The molecule has 1 aliphatic rings. The molecule has 0 bridgehead atoms. The number of amides is 1. The fourth-order valence-corrected chi connectivity index (χ4v) is 3.00. The number of nitrogens with one attached hydrogen (secondary N) is 1. The van der Waals surface area contributed by atoms with E-state index in [4.69, 9.17) is 9.47 Å². The molecule has 0 unspecified atom stereocenters. The standard InChI is InChI=1S/C12H23NO3S/c1-15-7-8-16-9-11(14)13-10-12(17-2)5-3-4-6-12/h3-10H2,1-2H3,(H,13,14). The summed E-state index contributed by atoms with van der Waals surface area (Å²) in [5.41, 5.74) is 0. The van der Waals surface area contributed by atoms with Crippen molar-refractivity contribution in [2.75, 3.05) is 39.7 Å². The minimum absolute atomic E-state index is 0.0265. The van der Waals surface area contributed by atoms with Crippen molar-refractivity contribution in [1.29, 1.82) is 0 Å². The van der Waals surface area contributed by atoms with Crippen LogP contribution in [0.5, 0.6) is 0 Å². The normalized spacial score (nSPS) is 18.2. The smallest absolute Gasteiger partial charge is 0.246 e. The Hall–Kier alpha value is -0.260. The van der Waals surface area contributed by atoms with Gasteiger partial charge in [-0.2, -0.15) is 11.8 Å². The fraction of sp³-hybridized carbons (Fsp3) is 0.917. The first-order chi connectivity index (χ1) is 8.22. The number of ether oxygens (including phenoxy) is 2. The predicted octanol–water partition coefficient (Wildman–Crippen LogP) is 1.44.